The van der Waals surface area contributed by atoms with Gasteiger partial charge in [-0.15, -0.1) is 0 Å². The fraction of sp³-hybridized carbons (Fsp3) is 0.500. The predicted molar refractivity (Wildman–Crippen MR) is 121 cm³/mol. The van der Waals surface area contributed by atoms with Gasteiger partial charge in [0.1, 0.15) is 0 Å². The first kappa shape index (κ1) is 26.3. The molecule has 2 aromatic rings. The van der Waals surface area contributed by atoms with E-state index in [0.717, 1.165) is 24.8 Å². The summed E-state index contributed by atoms with van der Waals surface area (Å²) in [5, 5.41) is 0. The molecule has 2 aliphatic heterocycles. The predicted octanol–water partition coefficient (Wildman–Crippen LogP) is 6.70. The molecule has 10 heteroatoms. The topological polar surface area (TPSA) is 32.8 Å². The third-order valence-corrected chi connectivity index (χ3v) is 6.79. The van der Waals surface area contributed by atoms with Gasteiger partial charge < -0.3 is 14.5 Å². The molecule has 196 valence electrons. The number of rotatable bonds is 4. The van der Waals surface area contributed by atoms with Crippen molar-refractivity contribution in [2.24, 2.45) is 0 Å². The molecule has 0 spiro atoms. The van der Waals surface area contributed by atoms with Crippen molar-refractivity contribution < 1.29 is 35.9 Å². The van der Waals surface area contributed by atoms with Crippen LogP contribution in [0.15, 0.2) is 48.5 Å². The quantitative estimate of drug-likeness (QED) is 0.425. The number of hydrogen-bond donors (Lipinski definition) is 0. The van der Waals surface area contributed by atoms with Gasteiger partial charge in [-0.2, -0.15) is 26.3 Å². The van der Waals surface area contributed by atoms with Gasteiger partial charge in [0.2, 0.25) is 0 Å². The highest BCUT2D eigenvalue weighted by atomic mass is 19.4. The van der Waals surface area contributed by atoms with Crippen LogP contribution < -0.4 is 0 Å². The van der Waals surface area contributed by atoms with Crippen LogP contribution in [0.25, 0.3) is 0 Å². The summed E-state index contributed by atoms with van der Waals surface area (Å²) in [7, 11) is 0. The first-order valence-electron chi connectivity index (χ1n) is 12.0. The van der Waals surface area contributed by atoms with E-state index >= 15 is 0 Å². The number of likely N-dealkylation sites (tertiary alicyclic amines) is 2. The Kier molecular flexibility index (Phi) is 7.82. The Morgan fingerprint density at radius 3 is 2.03 bits per heavy atom. The number of piperidine rings is 2. The Morgan fingerprint density at radius 1 is 0.833 bits per heavy atom. The summed E-state index contributed by atoms with van der Waals surface area (Å²) in [6.07, 6.45) is -6.86. The molecule has 0 N–H and O–H groups in total. The zero-order chi connectivity index (χ0) is 25.9. The molecule has 0 aliphatic carbocycles. The van der Waals surface area contributed by atoms with Crippen LogP contribution in [0.5, 0.6) is 0 Å². The van der Waals surface area contributed by atoms with Crippen molar-refractivity contribution in [1.29, 1.82) is 0 Å². The molecule has 2 aromatic carbocycles. The molecule has 0 saturated carbocycles. The lowest BCUT2D eigenvalue weighted by Gasteiger charge is -2.41. The number of benzene rings is 2. The van der Waals surface area contributed by atoms with Crippen molar-refractivity contribution in [1.82, 2.24) is 9.80 Å². The maximum Gasteiger partial charge on any atom is 0.416 e. The molecular formula is C26H28F6N2O2. The van der Waals surface area contributed by atoms with Gasteiger partial charge in [0, 0.05) is 32.1 Å². The number of nitrogens with zero attached hydrogens (tertiary/aromatic N) is 2. The summed E-state index contributed by atoms with van der Waals surface area (Å²) in [5.74, 6) is -0.262. The van der Waals surface area contributed by atoms with Gasteiger partial charge in [-0.25, -0.2) is 4.79 Å². The highest BCUT2D eigenvalue weighted by Gasteiger charge is 2.38. The molecule has 36 heavy (non-hydrogen) atoms. The molecule has 0 bridgehead atoms. The molecule has 2 unspecified atom stereocenters. The molecule has 2 fully saturated rings. The molecule has 2 atom stereocenters. The highest BCUT2D eigenvalue weighted by Crippen LogP contribution is 2.37. The maximum absolute atomic E-state index is 13.2. The van der Waals surface area contributed by atoms with E-state index in [1.165, 1.54) is 0 Å². The number of alkyl halides is 6. The minimum atomic E-state index is -4.91. The minimum absolute atomic E-state index is 0.0400. The summed E-state index contributed by atoms with van der Waals surface area (Å²) >= 11 is 0. The van der Waals surface area contributed by atoms with Gasteiger partial charge in [-0.05, 0) is 55.0 Å². The van der Waals surface area contributed by atoms with Crippen molar-refractivity contribution in [2.45, 2.75) is 56.7 Å². The number of urea groups is 1. The van der Waals surface area contributed by atoms with E-state index in [2.05, 4.69) is 0 Å². The normalized spacial score (nSPS) is 21.5. The zero-order valence-corrected chi connectivity index (χ0v) is 19.6. The molecule has 2 saturated heterocycles. The molecule has 0 aromatic heterocycles. The van der Waals surface area contributed by atoms with Crippen LogP contribution in [0, 0.1) is 0 Å². The summed E-state index contributed by atoms with van der Waals surface area (Å²) in [5.41, 5.74) is -2.02. The van der Waals surface area contributed by atoms with Crippen LogP contribution in [-0.4, -0.2) is 48.1 Å². The third-order valence-electron chi connectivity index (χ3n) is 6.79. The van der Waals surface area contributed by atoms with Gasteiger partial charge >= 0.3 is 18.4 Å². The highest BCUT2D eigenvalue weighted by molar-refractivity contribution is 5.74. The van der Waals surface area contributed by atoms with Gasteiger partial charge in [0.05, 0.1) is 23.8 Å². The average Bonchev–Trinajstić information content (AvgIpc) is 2.87. The SMILES string of the molecule is O=C(N1CCCCC1)N1CCC(OCc2cc(C(F)(F)F)cc(C(F)(F)F)c2)C(c2ccccc2)C1. The number of halogens is 6. The van der Waals surface area contributed by atoms with E-state index in [0.29, 0.717) is 44.7 Å². The second kappa shape index (κ2) is 10.7. The Morgan fingerprint density at radius 2 is 1.44 bits per heavy atom. The first-order valence-corrected chi connectivity index (χ1v) is 12.0. The second-order valence-corrected chi connectivity index (χ2v) is 9.35. The fourth-order valence-corrected chi connectivity index (χ4v) is 4.92. The summed E-state index contributed by atoms with van der Waals surface area (Å²) < 4.78 is 85.4. The lowest BCUT2D eigenvalue weighted by Crippen LogP contribution is -2.51. The van der Waals surface area contributed by atoms with Gasteiger partial charge in [-0.3, -0.25) is 0 Å². The minimum Gasteiger partial charge on any atom is -0.373 e. The zero-order valence-electron chi connectivity index (χ0n) is 19.6. The lowest BCUT2D eigenvalue weighted by atomic mass is 9.88. The van der Waals surface area contributed by atoms with Crippen molar-refractivity contribution in [3.05, 3.63) is 70.8 Å². The van der Waals surface area contributed by atoms with Gasteiger partial charge in [0.15, 0.2) is 0 Å². The van der Waals surface area contributed by atoms with E-state index in [4.69, 9.17) is 4.74 Å². The van der Waals surface area contributed by atoms with Crippen molar-refractivity contribution >= 4 is 6.03 Å². The van der Waals surface area contributed by atoms with Gasteiger partial charge in [0.25, 0.3) is 0 Å². The second-order valence-electron chi connectivity index (χ2n) is 9.35. The number of carbonyl (C=O) groups is 1. The largest absolute Gasteiger partial charge is 0.416 e. The van der Waals surface area contributed by atoms with Crippen molar-refractivity contribution in [3.8, 4) is 0 Å². The number of hydrogen-bond acceptors (Lipinski definition) is 2. The van der Waals surface area contributed by atoms with Crippen LogP contribution in [0.3, 0.4) is 0 Å². The Balaban J connectivity index is 1.52. The summed E-state index contributed by atoms with van der Waals surface area (Å²) in [6.45, 7) is 1.78. The summed E-state index contributed by atoms with van der Waals surface area (Å²) in [6, 6.07) is 10.8. The van der Waals surface area contributed by atoms with Crippen LogP contribution in [-0.2, 0) is 23.7 Å². The first-order chi connectivity index (χ1) is 17.0. The Bertz CT molecular complexity index is 1000. The molecule has 0 radical (unpaired) electrons. The molecule has 4 nitrogen and oxygen atoms in total. The lowest BCUT2D eigenvalue weighted by molar-refractivity contribution is -0.143. The molecule has 2 heterocycles. The molecule has 4 rings (SSSR count). The molecule has 2 aliphatic rings. The fourth-order valence-electron chi connectivity index (χ4n) is 4.92. The average molecular weight is 515 g/mol. The van der Waals surface area contributed by atoms with Crippen LogP contribution in [0.1, 0.15) is 53.9 Å². The van der Waals surface area contributed by atoms with Crippen LogP contribution in [0.4, 0.5) is 31.1 Å². The summed E-state index contributed by atoms with van der Waals surface area (Å²) in [4.78, 5) is 16.7. The van der Waals surface area contributed by atoms with Crippen LogP contribution >= 0.6 is 0 Å². The number of carbonyl (C=O) groups excluding carboxylic acids is 1. The Labute approximate surface area is 205 Å². The number of ether oxygens (including phenoxy) is 1. The van der Waals surface area contributed by atoms with E-state index < -0.39 is 36.2 Å². The maximum atomic E-state index is 13.2. The standard InChI is InChI=1S/C26H28F6N2O2/c27-25(28,29)20-13-18(14-21(15-20)26(30,31)32)17-36-23-9-12-34(24(35)33-10-5-2-6-11-33)16-22(23)19-7-3-1-4-8-19/h1,3-4,7-8,13-15,22-23H,2,5-6,9-12,16-17H2. The molecular weight excluding hydrogens is 486 g/mol. The van der Waals surface area contributed by atoms with Crippen molar-refractivity contribution in [3.63, 3.8) is 0 Å². The van der Waals surface area contributed by atoms with E-state index in [1.807, 2.05) is 35.2 Å². The third kappa shape index (κ3) is 6.32. The van der Waals surface area contributed by atoms with Gasteiger partial charge in [-0.1, -0.05) is 30.3 Å². The van der Waals surface area contributed by atoms with E-state index in [9.17, 15) is 31.1 Å². The van der Waals surface area contributed by atoms with E-state index in [1.54, 1.807) is 4.90 Å². The van der Waals surface area contributed by atoms with Crippen LogP contribution in [0.2, 0.25) is 0 Å². The van der Waals surface area contributed by atoms with E-state index in [-0.39, 0.29) is 23.6 Å². The Hall–Kier alpha value is -2.75. The van der Waals surface area contributed by atoms with Crippen molar-refractivity contribution in [2.75, 3.05) is 26.2 Å². The number of amides is 2. The molecule has 2 amide bonds. The monoisotopic (exact) mass is 514 g/mol. The smallest absolute Gasteiger partial charge is 0.373 e.